The molecule has 2 atom stereocenters. The van der Waals surface area contributed by atoms with Gasteiger partial charge in [-0.2, -0.15) is 5.26 Å². The summed E-state index contributed by atoms with van der Waals surface area (Å²) in [5.41, 5.74) is 0.525. The molecule has 0 unspecified atom stereocenters. The molecule has 0 spiro atoms. The Balaban J connectivity index is 1.94. The van der Waals surface area contributed by atoms with Gasteiger partial charge in [-0.1, -0.05) is 6.07 Å². The van der Waals surface area contributed by atoms with E-state index in [2.05, 4.69) is 5.32 Å². The van der Waals surface area contributed by atoms with Crippen LogP contribution in [0.5, 0.6) is 5.75 Å². The Morgan fingerprint density at radius 3 is 2.89 bits per heavy atom. The minimum Gasteiger partial charge on any atom is -0.481 e. The number of hydrogen-bond donors (Lipinski definition) is 2. The predicted octanol–water partition coefficient (Wildman–Crippen LogP) is 1.25. The second kappa shape index (κ2) is 5.40. The van der Waals surface area contributed by atoms with Crippen LogP contribution >= 0.6 is 0 Å². The minimum absolute atomic E-state index is 0.0683. The summed E-state index contributed by atoms with van der Waals surface area (Å²) in [7, 11) is 0. The van der Waals surface area contributed by atoms with Crippen molar-refractivity contribution in [3.63, 3.8) is 0 Å². The third-order valence-electron chi connectivity index (χ3n) is 2.85. The number of amides is 1. The fourth-order valence-corrected chi connectivity index (χ4v) is 1.77. The quantitative estimate of drug-likeness (QED) is 0.829. The smallest absolute Gasteiger partial charge is 0.307 e. The molecule has 2 rings (SSSR count). The topological polar surface area (TPSA) is 99.4 Å². The second-order valence-electron chi connectivity index (χ2n) is 4.25. The van der Waals surface area contributed by atoms with Crippen molar-refractivity contribution in [3.8, 4) is 11.8 Å². The van der Waals surface area contributed by atoms with Crippen LogP contribution in [0.15, 0.2) is 24.3 Å². The van der Waals surface area contributed by atoms with Crippen molar-refractivity contribution >= 4 is 17.6 Å². The van der Waals surface area contributed by atoms with Gasteiger partial charge < -0.3 is 15.2 Å². The fraction of sp³-hybridized carbons (Fsp3) is 0.308. The molecule has 1 aromatic rings. The van der Waals surface area contributed by atoms with Crippen molar-refractivity contribution in [2.45, 2.75) is 6.42 Å². The number of ether oxygens (including phenoxy) is 1. The summed E-state index contributed by atoms with van der Waals surface area (Å²) >= 11 is 0. The van der Waals surface area contributed by atoms with E-state index in [1.165, 1.54) is 0 Å². The molecule has 1 aliphatic rings. The number of rotatable bonds is 5. The molecule has 0 heterocycles. The molecule has 6 nitrogen and oxygen atoms in total. The number of carboxylic acids is 1. The van der Waals surface area contributed by atoms with Gasteiger partial charge in [0, 0.05) is 11.8 Å². The maximum Gasteiger partial charge on any atom is 0.307 e. The highest BCUT2D eigenvalue weighted by Gasteiger charge is 2.48. The number of carboxylic acid groups (broad SMARTS) is 1. The van der Waals surface area contributed by atoms with Crippen LogP contribution in [0.2, 0.25) is 0 Å². The number of hydrogen-bond acceptors (Lipinski definition) is 4. The minimum atomic E-state index is -0.939. The van der Waals surface area contributed by atoms with E-state index in [9.17, 15) is 9.59 Å². The molecular weight excluding hydrogens is 248 g/mol. The second-order valence-corrected chi connectivity index (χ2v) is 4.25. The Morgan fingerprint density at radius 1 is 1.47 bits per heavy atom. The highest BCUT2D eigenvalue weighted by Crippen LogP contribution is 2.39. The Bertz CT molecular complexity index is 550. The number of aliphatic carboxylic acids is 1. The molecule has 98 valence electrons. The highest BCUT2D eigenvalue weighted by molar-refractivity contribution is 5.98. The summed E-state index contributed by atoms with van der Waals surface area (Å²) in [6.45, 7) is -0.0683. The Kier molecular flexibility index (Phi) is 3.66. The zero-order chi connectivity index (χ0) is 13.8. The first-order chi connectivity index (χ1) is 9.11. The summed E-state index contributed by atoms with van der Waals surface area (Å²) < 4.78 is 5.11. The van der Waals surface area contributed by atoms with E-state index in [1.54, 1.807) is 24.3 Å². The third kappa shape index (κ3) is 3.22. The standard InChI is InChI=1S/C13H12N2O4/c14-4-5-19-9-3-1-2-8(6-9)15-12(16)10-7-11(10)13(17)18/h1-3,6,10-11H,5,7H2,(H,15,16)(H,17,18)/t10-,11+/m1/s1. The normalized spacial score (nSPS) is 20.2. The van der Waals surface area contributed by atoms with Crippen molar-refractivity contribution in [2.75, 3.05) is 11.9 Å². The summed E-state index contributed by atoms with van der Waals surface area (Å²) in [6, 6.07) is 8.47. The molecule has 0 aliphatic heterocycles. The van der Waals surface area contributed by atoms with Crippen LogP contribution in [0.3, 0.4) is 0 Å². The lowest BCUT2D eigenvalue weighted by Crippen LogP contribution is -2.16. The van der Waals surface area contributed by atoms with Crippen LogP contribution in [0.4, 0.5) is 5.69 Å². The van der Waals surface area contributed by atoms with Crippen LogP contribution in [-0.4, -0.2) is 23.6 Å². The van der Waals surface area contributed by atoms with Gasteiger partial charge in [0.05, 0.1) is 11.8 Å². The number of nitrogens with zero attached hydrogens (tertiary/aromatic N) is 1. The molecule has 1 aliphatic carbocycles. The average Bonchev–Trinajstić information content (AvgIpc) is 3.17. The highest BCUT2D eigenvalue weighted by atomic mass is 16.5. The van der Waals surface area contributed by atoms with Gasteiger partial charge in [0.25, 0.3) is 0 Å². The largest absolute Gasteiger partial charge is 0.481 e. The van der Waals surface area contributed by atoms with Crippen molar-refractivity contribution in [1.82, 2.24) is 0 Å². The van der Waals surface area contributed by atoms with Crippen LogP contribution in [0, 0.1) is 23.2 Å². The van der Waals surface area contributed by atoms with Gasteiger partial charge in [0.15, 0.2) is 6.61 Å². The van der Waals surface area contributed by atoms with Gasteiger partial charge in [-0.25, -0.2) is 0 Å². The lowest BCUT2D eigenvalue weighted by molar-refractivity contribution is -0.139. The lowest BCUT2D eigenvalue weighted by Gasteiger charge is -2.07. The molecule has 1 aromatic carbocycles. The number of anilines is 1. The number of benzene rings is 1. The Labute approximate surface area is 109 Å². The summed E-state index contributed by atoms with van der Waals surface area (Å²) in [6.07, 6.45) is 0.381. The fourth-order valence-electron chi connectivity index (χ4n) is 1.77. The van der Waals surface area contributed by atoms with E-state index in [0.29, 0.717) is 17.9 Å². The first-order valence-corrected chi connectivity index (χ1v) is 5.75. The number of nitrogens with one attached hydrogen (secondary N) is 1. The van der Waals surface area contributed by atoms with Crippen molar-refractivity contribution < 1.29 is 19.4 Å². The summed E-state index contributed by atoms with van der Waals surface area (Å²) in [4.78, 5) is 22.4. The molecule has 0 saturated heterocycles. The zero-order valence-electron chi connectivity index (χ0n) is 10.00. The van der Waals surface area contributed by atoms with Gasteiger partial charge in [-0.15, -0.1) is 0 Å². The molecule has 1 amide bonds. The molecule has 2 N–H and O–H groups in total. The van der Waals surface area contributed by atoms with Gasteiger partial charge in [0.2, 0.25) is 5.91 Å². The van der Waals surface area contributed by atoms with E-state index in [-0.39, 0.29) is 12.5 Å². The van der Waals surface area contributed by atoms with E-state index in [4.69, 9.17) is 15.1 Å². The Morgan fingerprint density at radius 2 is 2.26 bits per heavy atom. The summed E-state index contributed by atoms with van der Waals surface area (Å²) in [5.74, 6) is -1.79. The predicted molar refractivity (Wildman–Crippen MR) is 65.4 cm³/mol. The number of carbonyl (C=O) groups excluding carboxylic acids is 1. The first-order valence-electron chi connectivity index (χ1n) is 5.75. The van der Waals surface area contributed by atoms with Crippen LogP contribution in [0.25, 0.3) is 0 Å². The Hall–Kier alpha value is -2.55. The van der Waals surface area contributed by atoms with Crippen LogP contribution < -0.4 is 10.1 Å². The van der Waals surface area contributed by atoms with Gasteiger partial charge in [-0.3, -0.25) is 9.59 Å². The van der Waals surface area contributed by atoms with E-state index < -0.39 is 17.8 Å². The van der Waals surface area contributed by atoms with Crippen LogP contribution in [-0.2, 0) is 9.59 Å². The van der Waals surface area contributed by atoms with Crippen molar-refractivity contribution in [2.24, 2.45) is 11.8 Å². The van der Waals surface area contributed by atoms with Gasteiger partial charge in [-0.05, 0) is 18.6 Å². The molecule has 1 saturated carbocycles. The molecule has 0 radical (unpaired) electrons. The molecule has 1 fully saturated rings. The van der Waals surface area contributed by atoms with Crippen molar-refractivity contribution in [1.29, 1.82) is 5.26 Å². The number of carbonyl (C=O) groups is 2. The molecule has 19 heavy (non-hydrogen) atoms. The summed E-state index contributed by atoms with van der Waals surface area (Å²) in [5, 5.41) is 19.8. The van der Waals surface area contributed by atoms with E-state index in [0.717, 1.165) is 0 Å². The monoisotopic (exact) mass is 260 g/mol. The maximum absolute atomic E-state index is 11.7. The SMILES string of the molecule is N#CCOc1cccc(NC(=O)[C@@H]2C[C@@H]2C(=O)O)c1. The average molecular weight is 260 g/mol. The molecular formula is C13H12N2O4. The molecule has 6 heteroatoms. The lowest BCUT2D eigenvalue weighted by atomic mass is 10.2. The van der Waals surface area contributed by atoms with Crippen molar-refractivity contribution in [3.05, 3.63) is 24.3 Å². The van der Waals surface area contributed by atoms with E-state index >= 15 is 0 Å². The van der Waals surface area contributed by atoms with Gasteiger partial charge in [0.1, 0.15) is 11.8 Å². The van der Waals surface area contributed by atoms with E-state index in [1.807, 2.05) is 6.07 Å². The molecule has 0 aromatic heterocycles. The first kappa shape index (κ1) is 12.9. The van der Waals surface area contributed by atoms with Crippen LogP contribution in [0.1, 0.15) is 6.42 Å². The zero-order valence-corrected chi connectivity index (χ0v) is 10.00. The maximum atomic E-state index is 11.7. The third-order valence-corrected chi connectivity index (χ3v) is 2.85. The molecule has 0 bridgehead atoms. The number of nitriles is 1. The van der Waals surface area contributed by atoms with Gasteiger partial charge >= 0.3 is 5.97 Å².